The lowest BCUT2D eigenvalue weighted by Crippen LogP contribution is -2.46. The van der Waals surface area contributed by atoms with Gasteiger partial charge in [0.15, 0.2) is 11.4 Å². The largest absolute Gasteiger partial charge is 0.443 e. The molecule has 1 N–H and O–H groups in total. The average Bonchev–Trinajstić information content (AvgIpc) is 2.82. The van der Waals surface area contributed by atoms with Crippen LogP contribution in [-0.2, 0) is 15.1 Å². The molecule has 0 radical (unpaired) electrons. The Labute approximate surface area is 163 Å². The van der Waals surface area contributed by atoms with Gasteiger partial charge in [-0.3, -0.25) is 9.59 Å². The molecule has 1 aliphatic rings. The van der Waals surface area contributed by atoms with E-state index < -0.39 is 35.4 Å². The molecule has 1 atom stereocenters. The lowest BCUT2D eigenvalue weighted by molar-refractivity contribution is -0.135. The van der Waals surface area contributed by atoms with Gasteiger partial charge in [-0.2, -0.15) is 0 Å². The summed E-state index contributed by atoms with van der Waals surface area (Å²) in [4.78, 5) is 39.2. The van der Waals surface area contributed by atoms with E-state index in [1.807, 2.05) is 6.92 Å². The van der Waals surface area contributed by atoms with Crippen molar-refractivity contribution in [3.8, 4) is 0 Å². The maximum absolute atomic E-state index is 13.1. The third-order valence-electron chi connectivity index (χ3n) is 4.51. The second kappa shape index (κ2) is 6.87. The van der Waals surface area contributed by atoms with Crippen molar-refractivity contribution in [1.29, 1.82) is 0 Å². The van der Waals surface area contributed by atoms with Crippen molar-refractivity contribution in [1.82, 2.24) is 0 Å². The van der Waals surface area contributed by atoms with Crippen LogP contribution in [0.15, 0.2) is 48.5 Å². The van der Waals surface area contributed by atoms with Gasteiger partial charge >= 0.3 is 6.09 Å². The Morgan fingerprint density at radius 2 is 1.68 bits per heavy atom. The third-order valence-corrected chi connectivity index (χ3v) is 4.51. The van der Waals surface area contributed by atoms with E-state index in [-0.39, 0.29) is 11.3 Å². The standard InChI is InChI=1S/C22H23NO5/c1-14-9-11-15(12-10-14)18(24)13-22(27)16-7-5-6-8-17(16)23(19(22)25)20(26)28-21(2,3)4/h5-12,27H,13H2,1-4H3/t22-/m1/s1. The molecule has 0 saturated heterocycles. The number of carbonyl (C=O) groups is 3. The molecule has 2 aromatic rings. The fourth-order valence-electron chi connectivity index (χ4n) is 3.16. The van der Waals surface area contributed by atoms with E-state index in [1.165, 1.54) is 0 Å². The highest BCUT2D eigenvalue weighted by Crippen LogP contribution is 2.43. The molecule has 1 heterocycles. The molecule has 0 unspecified atom stereocenters. The molecule has 28 heavy (non-hydrogen) atoms. The number of benzene rings is 2. The first kappa shape index (κ1) is 19.8. The fourth-order valence-corrected chi connectivity index (χ4v) is 3.16. The number of nitrogens with zero attached hydrogens (tertiary/aromatic N) is 1. The zero-order valence-corrected chi connectivity index (χ0v) is 16.4. The molecule has 0 aromatic heterocycles. The van der Waals surface area contributed by atoms with Crippen LogP contribution in [0.5, 0.6) is 0 Å². The predicted molar refractivity (Wildman–Crippen MR) is 104 cm³/mol. The lowest BCUT2D eigenvalue weighted by Gasteiger charge is -2.25. The number of carbonyl (C=O) groups excluding carboxylic acids is 3. The first-order chi connectivity index (χ1) is 13.0. The van der Waals surface area contributed by atoms with Gasteiger partial charge in [-0.1, -0.05) is 48.0 Å². The average molecular weight is 381 g/mol. The molecule has 2 aromatic carbocycles. The van der Waals surface area contributed by atoms with Crippen LogP contribution < -0.4 is 4.90 Å². The van der Waals surface area contributed by atoms with Crippen molar-refractivity contribution < 1.29 is 24.2 Å². The molecule has 0 fully saturated rings. The number of anilines is 1. The van der Waals surface area contributed by atoms with Gasteiger partial charge in [0.25, 0.3) is 5.91 Å². The second-order valence-corrected chi connectivity index (χ2v) is 7.96. The van der Waals surface area contributed by atoms with Crippen LogP contribution in [0.3, 0.4) is 0 Å². The summed E-state index contributed by atoms with van der Waals surface area (Å²) in [5, 5.41) is 11.2. The molecule has 0 bridgehead atoms. The molecule has 3 rings (SSSR count). The molecule has 2 amide bonds. The number of rotatable bonds is 3. The summed E-state index contributed by atoms with van der Waals surface area (Å²) in [6.07, 6.45) is -1.35. The van der Waals surface area contributed by atoms with Gasteiger partial charge < -0.3 is 9.84 Å². The highest BCUT2D eigenvalue weighted by Gasteiger charge is 2.53. The molecule has 1 aliphatic heterocycles. The number of imide groups is 1. The van der Waals surface area contributed by atoms with Gasteiger partial charge in [0.1, 0.15) is 5.60 Å². The summed E-state index contributed by atoms with van der Waals surface area (Å²) in [5.74, 6) is -1.28. The number of hydrogen-bond donors (Lipinski definition) is 1. The van der Waals surface area contributed by atoms with E-state index in [2.05, 4.69) is 0 Å². The maximum atomic E-state index is 13.1. The third kappa shape index (κ3) is 3.55. The van der Waals surface area contributed by atoms with Crippen molar-refractivity contribution in [2.24, 2.45) is 0 Å². The van der Waals surface area contributed by atoms with Gasteiger partial charge in [0.05, 0.1) is 12.1 Å². The number of aryl methyl sites for hydroxylation is 1. The summed E-state index contributed by atoms with van der Waals surface area (Å²) < 4.78 is 5.32. The minimum Gasteiger partial charge on any atom is -0.443 e. The number of ketones is 1. The minimum absolute atomic E-state index is 0.214. The number of fused-ring (bicyclic) bond motifs is 1. The van der Waals surface area contributed by atoms with Crippen molar-refractivity contribution in [3.05, 3.63) is 65.2 Å². The van der Waals surface area contributed by atoms with E-state index >= 15 is 0 Å². The second-order valence-electron chi connectivity index (χ2n) is 7.96. The number of para-hydroxylation sites is 1. The van der Waals surface area contributed by atoms with Crippen LogP contribution in [0.2, 0.25) is 0 Å². The molecular formula is C22H23NO5. The molecule has 0 aliphatic carbocycles. The maximum Gasteiger partial charge on any atom is 0.421 e. The van der Waals surface area contributed by atoms with Gasteiger partial charge in [0, 0.05) is 11.1 Å². The Morgan fingerprint density at radius 1 is 1.07 bits per heavy atom. The predicted octanol–water partition coefficient (Wildman–Crippen LogP) is 3.74. The van der Waals surface area contributed by atoms with Crippen molar-refractivity contribution in [2.45, 2.75) is 45.3 Å². The highest BCUT2D eigenvalue weighted by atomic mass is 16.6. The number of amides is 2. The van der Waals surface area contributed by atoms with E-state index in [0.29, 0.717) is 5.56 Å². The molecule has 6 heteroatoms. The van der Waals surface area contributed by atoms with Gasteiger partial charge in [0.2, 0.25) is 0 Å². The minimum atomic E-state index is -2.13. The quantitative estimate of drug-likeness (QED) is 0.819. The summed E-state index contributed by atoms with van der Waals surface area (Å²) in [6, 6.07) is 13.3. The van der Waals surface area contributed by atoms with Crippen LogP contribution in [0.25, 0.3) is 0 Å². The van der Waals surface area contributed by atoms with Crippen LogP contribution in [-0.4, -0.2) is 28.5 Å². The number of aliphatic hydroxyl groups is 1. The molecule has 6 nitrogen and oxygen atoms in total. The monoisotopic (exact) mass is 381 g/mol. The Kier molecular flexibility index (Phi) is 4.85. The zero-order valence-electron chi connectivity index (χ0n) is 16.4. The topological polar surface area (TPSA) is 83.9 Å². The fraction of sp³-hybridized carbons (Fsp3) is 0.318. The first-order valence-electron chi connectivity index (χ1n) is 9.02. The van der Waals surface area contributed by atoms with Crippen LogP contribution >= 0.6 is 0 Å². The van der Waals surface area contributed by atoms with E-state index in [0.717, 1.165) is 10.5 Å². The molecule has 146 valence electrons. The smallest absolute Gasteiger partial charge is 0.421 e. The van der Waals surface area contributed by atoms with Crippen molar-refractivity contribution in [3.63, 3.8) is 0 Å². The van der Waals surface area contributed by atoms with Gasteiger partial charge in [-0.15, -0.1) is 0 Å². The first-order valence-corrected chi connectivity index (χ1v) is 9.02. The van der Waals surface area contributed by atoms with Gasteiger partial charge in [-0.05, 0) is 33.8 Å². The molecule has 0 saturated carbocycles. The molecular weight excluding hydrogens is 358 g/mol. The van der Waals surface area contributed by atoms with Crippen LogP contribution in [0, 0.1) is 6.92 Å². The molecule has 0 spiro atoms. The van der Waals surface area contributed by atoms with E-state index in [1.54, 1.807) is 69.3 Å². The summed E-state index contributed by atoms with van der Waals surface area (Å²) in [6.45, 7) is 6.96. The Balaban J connectivity index is 1.97. The SMILES string of the molecule is Cc1ccc(C(=O)C[C@]2(O)C(=O)N(C(=O)OC(C)(C)C)c3ccccc32)cc1. The normalized spacial score (nSPS) is 18.8. The summed E-state index contributed by atoms with van der Waals surface area (Å²) in [7, 11) is 0. The van der Waals surface area contributed by atoms with E-state index in [4.69, 9.17) is 4.74 Å². The Morgan fingerprint density at radius 3 is 2.29 bits per heavy atom. The highest BCUT2D eigenvalue weighted by molar-refractivity contribution is 6.21. The van der Waals surface area contributed by atoms with Crippen LogP contribution in [0.1, 0.15) is 48.7 Å². The van der Waals surface area contributed by atoms with Crippen molar-refractivity contribution in [2.75, 3.05) is 4.90 Å². The summed E-state index contributed by atoms with van der Waals surface area (Å²) in [5.41, 5.74) is -1.12. The lowest BCUT2D eigenvalue weighted by atomic mass is 9.88. The summed E-state index contributed by atoms with van der Waals surface area (Å²) >= 11 is 0. The van der Waals surface area contributed by atoms with Gasteiger partial charge in [-0.25, -0.2) is 9.69 Å². The Bertz CT molecular complexity index is 942. The number of ether oxygens (including phenoxy) is 1. The van der Waals surface area contributed by atoms with Crippen LogP contribution in [0.4, 0.5) is 10.5 Å². The van der Waals surface area contributed by atoms with Crippen molar-refractivity contribution >= 4 is 23.5 Å². The Hall–Kier alpha value is -2.99. The zero-order chi connectivity index (χ0) is 20.7. The number of hydrogen-bond acceptors (Lipinski definition) is 5. The van der Waals surface area contributed by atoms with E-state index in [9.17, 15) is 19.5 Å². The number of Topliss-reactive ketones (excluding diaryl/α,β-unsaturated/α-hetero) is 1.